The molecule has 1 saturated heterocycles. The molecule has 150 valence electrons. The first kappa shape index (κ1) is 20.1. The average Bonchev–Trinajstić information content (AvgIpc) is 2.74. The number of aromatic nitrogens is 1. The number of aryl methyl sites for hydroxylation is 2. The van der Waals surface area contributed by atoms with E-state index in [0.29, 0.717) is 24.7 Å². The lowest BCUT2D eigenvalue weighted by Gasteiger charge is -2.36. The van der Waals surface area contributed by atoms with E-state index in [1.165, 1.54) is 17.7 Å². The summed E-state index contributed by atoms with van der Waals surface area (Å²) in [7, 11) is 1.54. The van der Waals surface area contributed by atoms with E-state index in [1.54, 1.807) is 16.7 Å². The number of hydrogen-bond acceptors (Lipinski definition) is 7. The second-order valence-corrected chi connectivity index (χ2v) is 7.41. The average molecular weight is 403 g/mol. The number of piperazine rings is 1. The zero-order chi connectivity index (χ0) is 20.1. The highest BCUT2D eigenvalue weighted by Crippen LogP contribution is 2.29. The molecule has 3 rings (SSSR count). The Labute approximate surface area is 170 Å². The van der Waals surface area contributed by atoms with Crippen molar-refractivity contribution in [3.63, 3.8) is 0 Å². The number of methoxy groups -OCH3 is 1. The smallest absolute Gasteiger partial charge is 0.434 e. The summed E-state index contributed by atoms with van der Waals surface area (Å²) >= 11 is 1.73. The molecule has 1 fully saturated rings. The van der Waals surface area contributed by atoms with Gasteiger partial charge in [-0.15, -0.1) is 11.8 Å². The molecule has 0 aliphatic carbocycles. The Balaban J connectivity index is 1.57. The van der Waals surface area contributed by atoms with Crippen LogP contribution < -0.4 is 15.1 Å². The minimum absolute atomic E-state index is 0.398. The molecule has 0 bridgehead atoms. The molecule has 8 heteroatoms. The molecule has 0 spiro atoms. The van der Waals surface area contributed by atoms with E-state index in [2.05, 4.69) is 33.8 Å². The number of benzene rings is 1. The van der Waals surface area contributed by atoms with Crippen LogP contribution in [0.5, 0.6) is 5.88 Å². The molecule has 7 nitrogen and oxygen atoms in total. The van der Waals surface area contributed by atoms with Crippen LogP contribution in [0.2, 0.25) is 0 Å². The predicted octanol–water partition coefficient (Wildman–Crippen LogP) is 3.71. The van der Waals surface area contributed by atoms with Crippen molar-refractivity contribution in [3.05, 3.63) is 41.6 Å². The number of nitrogens with one attached hydrogen (secondary N) is 1. The van der Waals surface area contributed by atoms with Gasteiger partial charge in [0.1, 0.15) is 5.69 Å². The molecule has 2 aromatic rings. The summed E-state index contributed by atoms with van der Waals surface area (Å²) in [5.74, 6) is 0.398. The number of carbonyl (C=O) groups is 1. The number of rotatable bonds is 5. The lowest BCUT2D eigenvalue weighted by atomic mass is 10.2. The van der Waals surface area contributed by atoms with Gasteiger partial charge < -0.3 is 19.4 Å². The van der Waals surface area contributed by atoms with Crippen molar-refractivity contribution in [1.82, 2.24) is 9.88 Å². The highest BCUT2D eigenvalue weighted by Gasteiger charge is 2.24. The van der Waals surface area contributed by atoms with Gasteiger partial charge in [0, 0.05) is 36.8 Å². The molecule has 1 aromatic heterocycles. The van der Waals surface area contributed by atoms with Crippen molar-refractivity contribution in [1.29, 1.82) is 0 Å². The maximum absolute atomic E-state index is 12.4. The molecule has 1 N–H and O–H groups in total. The first-order valence-corrected chi connectivity index (χ1v) is 10.4. The van der Waals surface area contributed by atoms with Crippen LogP contribution in [0.15, 0.2) is 35.2 Å². The van der Waals surface area contributed by atoms with Gasteiger partial charge in [-0.25, -0.2) is 15.3 Å². The van der Waals surface area contributed by atoms with Gasteiger partial charge in [-0.3, -0.25) is 0 Å². The third kappa shape index (κ3) is 4.44. The van der Waals surface area contributed by atoms with Crippen LogP contribution in [-0.4, -0.2) is 55.5 Å². The number of anilines is 2. The molecular formula is C20H26N4O3S. The molecule has 28 heavy (non-hydrogen) atoms. The Morgan fingerprint density at radius 1 is 1.18 bits per heavy atom. The number of para-hydroxylation sites is 1. The van der Waals surface area contributed by atoms with Crippen LogP contribution in [0.1, 0.15) is 11.3 Å². The van der Waals surface area contributed by atoms with Gasteiger partial charge in [-0.2, -0.15) is 0 Å². The van der Waals surface area contributed by atoms with Gasteiger partial charge in [-0.05, 0) is 43.9 Å². The Morgan fingerprint density at radius 2 is 1.89 bits per heavy atom. The zero-order valence-electron chi connectivity index (χ0n) is 16.7. The summed E-state index contributed by atoms with van der Waals surface area (Å²) in [4.78, 5) is 27.3. The number of amides is 1. The van der Waals surface area contributed by atoms with Crippen LogP contribution in [0.4, 0.5) is 16.2 Å². The van der Waals surface area contributed by atoms with E-state index in [1.807, 2.05) is 32.0 Å². The summed E-state index contributed by atoms with van der Waals surface area (Å²) < 4.78 is 5.26. The molecule has 1 amide bonds. The van der Waals surface area contributed by atoms with E-state index >= 15 is 0 Å². The molecule has 1 aliphatic heterocycles. The molecule has 0 saturated carbocycles. The van der Waals surface area contributed by atoms with Crippen LogP contribution in [0.3, 0.4) is 0 Å². The second-order valence-electron chi connectivity index (χ2n) is 6.56. The topological polar surface area (TPSA) is 66.9 Å². The zero-order valence-corrected chi connectivity index (χ0v) is 17.5. The van der Waals surface area contributed by atoms with E-state index in [4.69, 9.17) is 9.57 Å². The van der Waals surface area contributed by atoms with Crippen molar-refractivity contribution in [2.45, 2.75) is 18.7 Å². The molecule has 0 atom stereocenters. The summed E-state index contributed by atoms with van der Waals surface area (Å²) in [6, 6.07) is 10.2. The van der Waals surface area contributed by atoms with Crippen molar-refractivity contribution in [2.75, 3.05) is 49.9 Å². The molecule has 1 aliphatic rings. The molecule has 1 aromatic carbocycles. The summed E-state index contributed by atoms with van der Waals surface area (Å²) in [6.45, 7) is 6.59. The second kappa shape index (κ2) is 9.05. The Hall–Kier alpha value is -2.61. The number of thioether (sulfide) groups is 1. The van der Waals surface area contributed by atoms with Crippen molar-refractivity contribution < 1.29 is 14.4 Å². The summed E-state index contributed by atoms with van der Waals surface area (Å²) in [6.07, 6.45) is 1.67. The lowest BCUT2D eigenvalue weighted by molar-refractivity contribution is 0.119. The van der Waals surface area contributed by atoms with E-state index in [0.717, 1.165) is 24.3 Å². The van der Waals surface area contributed by atoms with E-state index < -0.39 is 6.09 Å². The van der Waals surface area contributed by atoms with Crippen LogP contribution in [-0.2, 0) is 4.84 Å². The number of hydrogen-bond donors (Lipinski definition) is 1. The minimum Gasteiger partial charge on any atom is -0.479 e. The molecule has 0 unspecified atom stereocenters. The standard InChI is InChI=1S/C20H26N4O3S/c1-14-13-16(19(26-3)21-15(14)2)22-27-20(25)24-11-9-23(10-12-24)17-7-5-6-8-18(17)28-4/h5-8,13,22H,9-12H2,1-4H3. The predicted molar refractivity (Wildman–Crippen MR) is 112 cm³/mol. The van der Waals surface area contributed by atoms with Gasteiger partial charge in [-0.1, -0.05) is 12.1 Å². The normalized spacial score (nSPS) is 14.0. The van der Waals surface area contributed by atoms with Crippen molar-refractivity contribution in [3.8, 4) is 5.88 Å². The summed E-state index contributed by atoms with van der Waals surface area (Å²) in [5, 5.41) is 0. The Kier molecular flexibility index (Phi) is 6.51. The van der Waals surface area contributed by atoms with Crippen molar-refractivity contribution in [2.24, 2.45) is 0 Å². The maximum atomic E-state index is 12.4. The third-order valence-corrected chi connectivity index (χ3v) is 5.62. The highest BCUT2D eigenvalue weighted by atomic mass is 32.2. The largest absolute Gasteiger partial charge is 0.479 e. The first-order chi connectivity index (χ1) is 13.5. The fraction of sp³-hybridized carbons (Fsp3) is 0.400. The highest BCUT2D eigenvalue weighted by molar-refractivity contribution is 7.98. The number of ether oxygens (including phenoxy) is 1. The van der Waals surface area contributed by atoms with Gasteiger partial charge in [0.25, 0.3) is 0 Å². The van der Waals surface area contributed by atoms with Crippen LogP contribution >= 0.6 is 11.8 Å². The third-order valence-electron chi connectivity index (χ3n) is 4.84. The van der Waals surface area contributed by atoms with E-state index in [-0.39, 0.29) is 0 Å². The molecule has 2 heterocycles. The van der Waals surface area contributed by atoms with Gasteiger partial charge in [0.05, 0.1) is 12.8 Å². The van der Waals surface area contributed by atoms with Crippen LogP contribution in [0, 0.1) is 13.8 Å². The fourth-order valence-corrected chi connectivity index (χ4v) is 3.72. The first-order valence-electron chi connectivity index (χ1n) is 9.15. The number of carbonyl (C=O) groups excluding carboxylic acids is 1. The number of nitrogens with zero attached hydrogens (tertiary/aromatic N) is 3. The van der Waals surface area contributed by atoms with Gasteiger partial charge in [0.2, 0.25) is 5.88 Å². The minimum atomic E-state index is -0.405. The number of pyridine rings is 1. The maximum Gasteiger partial charge on any atom is 0.434 e. The molecule has 0 radical (unpaired) electrons. The lowest BCUT2D eigenvalue weighted by Crippen LogP contribution is -2.49. The fourth-order valence-electron chi connectivity index (χ4n) is 3.10. The summed E-state index contributed by atoms with van der Waals surface area (Å²) in [5.41, 5.74) is 6.30. The SMILES string of the molecule is COc1nc(C)c(C)cc1NOC(=O)N1CCN(c2ccccc2SC)CC1. The Bertz CT molecular complexity index is 838. The van der Waals surface area contributed by atoms with E-state index in [9.17, 15) is 4.79 Å². The quantitative estimate of drug-likeness (QED) is 0.604. The Morgan fingerprint density at radius 3 is 2.57 bits per heavy atom. The monoisotopic (exact) mass is 402 g/mol. The van der Waals surface area contributed by atoms with Gasteiger partial charge in [0.15, 0.2) is 0 Å². The van der Waals surface area contributed by atoms with Crippen LogP contribution in [0.25, 0.3) is 0 Å². The van der Waals surface area contributed by atoms with Gasteiger partial charge >= 0.3 is 6.09 Å². The van der Waals surface area contributed by atoms with Crippen molar-refractivity contribution >= 4 is 29.2 Å². The molecular weight excluding hydrogens is 376 g/mol.